The quantitative estimate of drug-likeness (QED) is 0.925. The molecule has 0 aromatic heterocycles. The van der Waals surface area contributed by atoms with Crippen molar-refractivity contribution in [2.45, 2.75) is 13.0 Å². The van der Waals surface area contributed by atoms with Crippen molar-refractivity contribution >= 4 is 25.8 Å². The Morgan fingerprint density at radius 3 is 2.53 bits per heavy atom. The Bertz CT molecular complexity index is 454. The van der Waals surface area contributed by atoms with Gasteiger partial charge in [0.25, 0.3) is 0 Å². The zero-order valence-corrected chi connectivity index (χ0v) is 11.0. The van der Waals surface area contributed by atoms with E-state index in [1.165, 1.54) is 0 Å². The summed E-state index contributed by atoms with van der Waals surface area (Å²) in [5.74, 6) is -0.248. The summed E-state index contributed by atoms with van der Waals surface area (Å²) in [6, 6.07) is 5.31. The molecule has 0 aliphatic heterocycles. The van der Waals surface area contributed by atoms with Crippen LogP contribution in [-0.4, -0.2) is 25.5 Å². The highest BCUT2D eigenvalue weighted by Gasteiger charge is 2.14. The van der Waals surface area contributed by atoms with Crippen molar-refractivity contribution < 1.29 is 13.5 Å². The predicted molar refractivity (Wildman–Crippen MR) is 63.5 cm³/mol. The van der Waals surface area contributed by atoms with Crippen LogP contribution in [0.15, 0.2) is 22.7 Å². The molecule has 0 aliphatic rings. The first-order valence-electron chi connectivity index (χ1n) is 4.41. The van der Waals surface area contributed by atoms with Crippen molar-refractivity contribution in [3.63, 3.8) is 0 Å². The number of sulfone groups is 1. The maximum atomic E-state index is 11.0. The average Bonchev–Trinajstić information content (AvgIpc) is 2.06. The first-order valence-corrected chi connectivity index (χ1v) is 7.27. The minimum Gasteiger partial charge on any atom is -0.387 e. The third kappa shape index (κ3) is 3.93. The molecule has 0 heterocycles. The van der Waals surface area contributed by atoms with Crippen LogP contribution in [0.1, 0.15) is 17.2 Å². The van der Waals surface area contributed by atoms with Crippen LogP contribution in [0.3, 0.4) is 0 Å². The molecule has 1 aromatic rings. The fraction of sp³-hybridized carbons (Fsp3) is 0.400. The van der Waals surface area contributed by atoms with Crippen LogP contribution in [0.2, 0.25) is 0 Å². The zero-order chi connectivity index (χ0) is 11.6. The third-order valence-corrected chi connectivity index (χ3v) is 3.82. The van der Waals surface area contributed by atoms with Crippen molar-refractivity contribution in [1.82, 2.24) is 0 Å². The zero-order valence-electron chi connectivity index (χ0n) is 8.57. The second-order valence-corrected chi connectivity index (χ2v) is 6.66. The molecule has 1 unspecified atom stereocenters. The van der Waals surface area contributed by atoms with Gasteiger partial charge in [0.15, 0.2) is 0 Å². The lowest BCUT2D eigenvalue weighted by Gasteiger charge is -2.10. The van der Waals surface area contributed by atoms with Gasteiger partial charge < -0.3 is 5.11 Å². The highest BCUT2D eigenvalue weighted by Crippen LogP contribution is 2.22. The van der Waals surface area contributed by atoms with E-state index in [0.29, 0.717) is 5.56 Å². The molecular weight excluding hydrogens is 280 g/mol. The Kier molecular flexibility index (Phi) is 3.92. The Morgan fingerprint density at radius 2 is 2.07 bits per heavy atom. The van der Waals surface area contributed by atoms with E-state index < -0.39 is 15.9 Å². The van der Waals surface area contributed by atoms with Gasteiger partial charge in [-0.25, -0.2) is 8.42 Å². The van der Waals surface area contributed by atoms with Crippen molar-refractivity contribution in [2.75, 3.05) is 12.0 Å². The number of hydrogen-bond donors (Lipinski definition) is 1. The Balaban J connectivity index is 2.92. The number of rotatable bonds is 3. The molecule has 1 aromatic carbocycles. The number of aliphatic hydroxyl groups excluding tert-OH is 1. The molecule has 84 valence electrons. The Labute approximate surface area is 98.2 Å². The Morgan fingerprint density at radius 1 is 1.47 bits per heavy atom. The molecule has 1 N–H and O–H groups in total. The highest BCUT2D eigenvalue weighted by atomic mass is 79.9. The van der Waals surface area contributed by atoms with Crippen molar-refractivity contribution in [3.05, 3.63) is 33.8 Å². The van der Waals surface area contributed by atoms with Gasteiger partial charge in [0.05, 0.1) is 11.9 Å². The molecule has 0 saturated heterocycles. The van der Waals surface area contributed by atoms with E-state index in [9.17, 15) is 13.5 Å². The van der Waals surface area contributed by atoms with Crippen LogP contribution in [-0.2, 0) is 9.84 Å². The number of halogens is 1. The van der Waals surface area contributed by atoms with Gasteiger partial charge in [-0.3, -0.25) is 0 Å². The van der Waals surface area contributed by atoms with Crippen LogP contribution in [0.25, 0.3) is 0 Å². The molecule has 0 aliphatic carbocycles. The molecule has 15 heavy (non-hydrogen) atoms. The molecule has 0 spiro atoms. The van der Waals surface area contributed by atoms with Gasteiger partial charge in [-0.1, -0.05) is 28.1 Å². The smallest absolute Gasteiger partial charge is 0.150 e. The molecule has 5 heteroatoms. The fourth-order valence-corrected chi connectivity index (χ4v) is 2.36. The van der Waals surface area contributed by atoms with E-state index in [1.807, 2.05) is 13.0 Å². The highest BCUT2D eigenvalue weighted by molar-refractivity contribution is 9.10. The molecule has 1 rings (SSSR count). The number of aliphatic hydroxyl groups is 1. The summed E-state index contributed by atoms with van der Waals surface area (Å²) in [5, 5.41) is 9.67. The summed E-state index contributed by atoms with van der Waals surface area (Å²) >= 11 is 3.33. The van der Waals surface area contributed by atoms with Crippen molar-refractivity contribution in [3.8, 4) is 0 Å². The van der Waals surface area contributed by atoms with Gasteiger partial charge in [-0.2, -0.15) is 0 Å². The van der Waals surface area contributed by atoms with Crippen molar-refractivity contribution in [1.29, 1.82) is 0 Å². The number of hydrogen-bond acceptors (Lipinski definition) is 3. The van der Waals surface area contributed by atoms with Gasteiger partial charge in [-0.15, -0.1) is 0 Å². The summed E-state index contributed by atoms with van der Waals surface area (Å²) in [4.78, 5) is 0. The van der Waals surface area contributed by atoms with Gasteiger partial charge in [0.2, 0.25) is 0 Å². The van der Waals surface area contributed by atoms with E-state index >= 15 is 0 Å². The van der Waals surface area contributed by atoms with E-state index in [2.05, 4.69) is 15.9 Å². The average molecular weight is 293 g/mol. The van der Waals surface area contributed by atoms with Gasteiger partial charge in [-0.05, 0) is 24.1 Å². The van der Waals surface area contributed by atoms with Gasteiger partial charge in [0.1, 0.15) is 9.84 Å². The van der Waals surface area contributed by atoms with Crippen LogP contribution >= 0.6 is 15.9 Å². The maximum Gasteiger partial charge on any atom is 0.150 e. The molecule has 3 nitrogen and oxygen atoms in total. The minimum absolute atomic E-state index is 0.248. The number of aryl methyl sites for hydroxylation is 1. The fourth-order valence-electron chi connectivity index (χ4n) is 1.20. The summed E-state index contributed by atoms with van der Waals surface area (Å²) in [6.45, 7) is 1.93. The van der Waals surface area contributed by atoms with E-state index in [4.69, 9.17) is 0 Å². The summed E-state index contributed by atoms with van der Waals surface area (Å²) < 4.78 is 22.9. The number of benzene rings is 1. The van der Waals surface area contributed by atoms with Gasteiger partial charge >= 0.3 is 0 Å². The molecule has 0 bridgehead atoms. The molecule has 0 fully saturated rings. The van der Waals surface area contributed by atoms with Crippen molar-refractivity contribution in [2.24, 2.45) is 0 Å². The van der Waals surface area contributed by atoms with Crippen LogP contribution in [0, 0.1) is 6.92 Å². The standard InChI is InChI=1S/C10H13BrO3S/c1-7-3-4-8(5-9(7)11)10(12)6-15(2,13)14/h3-5,10,12H,6H2,1-2H3. The van der Waals surface area contributed by atoms with Crippen LogP contribution < -0.4 is 0 Å². The third-order valence-electron chi connectivity index (χ3n) is 2.04. The largest absolute Gasteiger partial charge is 0.387 e. The SMILES string of the molecule is Cc1ccc(C(O)CS(C)(=O)=O)cc1Br. The van der Waals surface area contributed by atoms with Gasteiger partial charge in [0, 0.05) is 10.7 Å². The summed E-state index contributed by atoms with van der Waals surface area (Å²) in [7, 11) is -3.16. The molecule has 0 saturated carbocycles. The topological polar surface area (TPSA) is 54.4 Å². The summed E-state index contributed by atoms with van der Waals surface area (Å²) in [5.41, 5.74) is 1.66. The lowest BCUT2D eigenvalue weighted by atomic mass is 10.1. The minimum atomic E-state index is -3.16. The maximum absolute atomic E-state index is 11.0. The molecule has 0 radical (unpaired) electrons. The second-order valence-electron chi connectivity index (χ2n) is 3.62. The lowest BCUT2D eigenvalue weighted by Crippen LogP contribution is -2.12. The monoisotopic (exact) mass is 292 g/mol. The Hall–Kier alpha value is -0.390. The van der Waals surface area contributed by atoms with Crippen LogP contribution in [0.4, 0.5) is 0 Å². The van der Waals surface area contributed by atoms with E-state index in [1.54, 1.807) is 12.1 Å². The van der Waals surface area contributed by atoms with E-state index in [0.717, 1.165) is 16.3 Å². The lowest BCUT2D eigenvalue weighted by molar-refractivity contribution is 0.202. The summed E-state index contributed by atoms with van der Waals surface area (Å²) in [6.07, 6.45) is 0.149. The first-order chi connectivity index (χ1) is 6.79. The predicted octanol–water partition coefficient (Wildman–Crippen LogP) is 1.84. The van der Waals surface area contributed by atoms with E-state index in [-0.39, 0.29) is 5.75 Å². The van der Waals surface area contributed by atoms with Crippen LogP contribution in [0.5, 0.6) is 0 Å². The molecule has 0 amide bonds. The first kappa shape index (κ1) is 12.7. The normalized spacial score (nSPS) is 13.9. The molecular formula is C10H13BrO3S. The molecule has 1 atom stereocenters. The second kappa shape index (κ2) is 4.63.